The Hall–Kier alpha value is -1.78. The first-order chi connectivity index (χ1) is 15.5. The van der Waals surface area contributed by atoms with Crippen molar-refractivity contribution in [3.8, 4) is 0 Å². The molecule has 2 heterocycles. The summed E-state index contributed by atoms with van der Waals surface area (Å²) in [5, 5.41) is 69.2. The van der Waals surface area contributed by atoms with Crippen LogP contribution in [0.25, 0.3) is 0 Å². The lowest BCUT2D eigenvalue weighted by Gasteiger charge is -2.42. The van der Waals surface area contributed by atoms with E-state index < -0.39 is 80.6 Å². The zero-order chi connectivity index (χ0) is 24.9. The molecule has 0 aromatic carbocycles. The van der Waals surface area contributed by atoms with Gasteiger partial charge in [-0.1, -0.05) is 12.2 Å². The second-order valence-electron chi connectivity index (χ2n) is 7.77. The summed E-state index contributed by atoms with van der Waals surface area (Å²) in [5.74, 6) is -1.16. The van der Waals surface area contributed by atoms with E-state index in [4.69, 9.17) is 18.9 Å². The largest absolute Gasteiger partial charge is 0.429 e. The van der Waals surface area contributed by atoms with Gasteiger partial charge in [0.2, 0.25) is 6.29 Å². The number of carbonyl (C=O) groups excluding carboxylic acids is 2. The van der Waals surface area contributed by atoms with E-state index in [2.05, 4.69) is 0 Å². The van der Waals surface area contributed by atoms with E-state index in [0.717, 1.165) is 0 Å². The molecule has 13 nitrogen and oxygen atoms in total. The van der Waals surface area contributed by atoms with Gasteiger partial charge in [0.05, 0.1) is 13.2 Å². The Balaban J connectivity index is 2.02. The number of ether oxygens (including phenoxy) is 4. The van der Waals surface area contributed by atoms with Crippen molar-refractivity contribution in [1.82, 2.24) is 0 Å². The Morgan fingerprint density at radius 1 is 0.818 bits per heavy atom. The molecule has 0 unspecified atom stereocenters. The summed E-state index contributed by atoms with van der Waals surface area (Å²) < 4.78 is 20.9. The van der Waals surface area contributed by atoms with Gasteiger partial charge in [-0.05, 0) is 19.9 Å². The summed E-state index contributed by atoms with van der Waals surface area (Å²) >= 11 is 0. The molecule has 2 rings (SSSR count). The number of esters is 1. The van der Waals surface area contributed by atoms with Gasteiger partial charge in [0.15, 0.2) is 12.1 Å². The molecular formula is C20H30O13. The van der Waals surface area contributed by atoms with Crippen molar-refractivity contribution in [3.63, 3.8) is 0 Å². The summed E-state index contributed by atoms with van der Waals surface area (Å²) in [7, 11) is 0. The summed E-state index contributed by atoms with van der Waals surface area (Å²) in [5.41, 5.74) is 0.0537. The van der Waals surface area contributed by atoms with Gasteiger partial charge < -0.3 is 54.7 Å². The molecule has 0 spiro atoms. The zero-order valence-electron chi connectivity index (χ0n) is 18.0. The summed E-state index contributed by atoms with van der Waals surface area (Å²) in [6.45, 7) is 1.47. The van der Waals surface area contributed by atoms with Gasteiger partial charge in [-0.3, -0.25) is 4.79 Å². The van der Waals surface area contributed by atoms with Gasteiger partial charge in [0, 0.05) is 5.57 Å². The molecule has 2 aliphatic rings. The molecular weight excluding hydrogens is 448 g/mol. The fourth-order valence-corrected chi connectivity index (χ4v) is 3.14. The number of rotatable bonds is 8. The first-order valence-corrected chi connectivity index (χ1v) is 10.2. The van der Waals surface area contributed by atoms with Crippen LogP contribution in [-0.4, -0.2) is 122 Å². The highest BCUT2D eigenvalue weighted by atomic mass is 16.7. The summed E-state index contributed by atoms with van der Waals surface area (Å²) in [6.07, 6.45) is -12.2. The molecule has 2 fully saturated rings. The van der Waals surface area contributed by atoms with Gasteiger partial charge in [0.25, 0.3) is 0 Å². The number of aliphatic hydroxyl groups excluding tert-OH is 7. The molecule has 0 bridgehead atoms. The number of carbonyl (C=O) groups is 2. The molecule has 7 N–H and O–H groups in total. The monoisotopic (exact) mass is 478 g/mol. The molecule has 0 aromatic rings. The second-order valence-corrected chi connectivity index (χ2v) is 7.77. The Morgan fingerprint density at radius 3 is 1.94 bits per heavy atom. The molecule has 0 aromatic heterocycles. The standard InChI is InChI=1S/C20H30O13/c1-8(4-3-5-9(2)22)18(29)33-20-17(28)15(26)13(24)11(32-20)7-30-19-16(27)14(25)12(23)10(6-21)31-19/h3-5,10-17,19-21,23-28H,6-7H2,1-2H3/b5-3+,8-4+/t10-,11-,12-,13-,14+,15+,16-,17-,19-,20+/m1/s1. The van der Waals surface area contributed by atoms with E-state index in [1.54, 1.807) is 0 Å². The minimum absolute atomic E-state index is 0.0537. The number of ketones is 1. The average molecular weight is 478 g/mol. The van der Waals surface area contributed by atoms with Crippen molar-refractivity contribution in [2.24, 2.45) is 0 Å². The molecule has 0 amide bonds. The van der Waals surface area contributed by atoms with Gasteiger partial charge >= 0.3 is 5.97 Å². The normalized spacial score (nSPS) is 40.1. The fraction of sp³-hybridized carbons (Fsp3) is 0.700. The lowest BCUT2D eigenvalue weighted by Crippen LogP contribution is -2.61. The van der Waals surface area contributed by atoms with E-state index in [0.29, 0.717) is 0 Å². The quantitative estimate of drug-likeness (QED) is 0.102. The molecule has 2 saturated heterocycles. The van der Waals surface area contributed by atoms with E-state index >= 15 is 0 Å². The number of hydrogen-bond donors (Lipinski definition) is 7. The van der Waals surface area contributed by atoms with Crippen LogP contribution in [0.15, 0.2) is 23.8 Å². The van der Waals surface area contributed by atoms with E-state index in [9.17, 15) is 45.3 Å². The van der Waals surface area contributed by atoms with Gasteiger partial charge in [0.1, 0.15) is 48.8 Å². The van der Waals surface area contributed by atoms with Crippen LogP contribution in [0.5, 0.6) is 0 Å². The summed E-state index contributed by atoms with van der Waals surface area (Å²) in [6, 6.07) is 0. The molecule has 10 atom stereocenters. The van der Waals surface area contributed by atoms with Crippen LogP contribution in [0.3, 0.4) is 0 Å². The average Bonchev–Trinajstić information content (AvgIpc) is 2.77. The van der Waals surface area contributed by atoms with Crippen molar-refractivity contribution in [3.05, 3.63) is 23.8 Å². The third-order valence-corrected chi connectivity index (χ3v) is 5.16. The Labute approximate surface area is 189 Å². The lowest BCUT2D eigenvalue weighted by atomic mass is 9.98. The van der Waals surface area contributed by atoms with E-state index in [-0.39, 0.29) is 11.4 Å². The minimum Gasteiger partial charge on any atom is -0.429 e. The molecule has 2 aliphatic heterocycles. The number of aliphatic hydroxyl groups is 7. The molecule has 0 saturated carbocycles. The Kier molecular flexibility index (Phi) is 10.1. The third kappa shape index (κ3) is 6.86. The van der Waals surface area contributed by atoms with Crippen molar-refractivity contribution in [2.45, 2.75) is 75.3 Å². The van der Waals surface area contributed by atoms with Crippen molar-refractivity contribution < 1.29 is 64.3 Å². The second kappa shape index (κ2) is 12.1. The molecule has 13 heteroatoms. The van der Waals surface area contributed by atoms with Crippen LogP contribution < -0.4 is 0 Å². The zero-order valence-corrected chi connectivity index (χ0v) is 18.0. The molecule has 0 radical (unpaired) electrons. The Bertz CT molecular complexity index is 735. The van der Waals surface area contributed by atoms with Crippen LogP contribution in [0.2, 0.25) is 0 Å². The van der Waals surface area contributed by atoms with Crippen molar-refractivity contribution >= 4 is 11.8 Å². The van der Waals surface area contributed by atoms with Gasteiger partial charge in [-0.25, -0.2) is 4.79 Å². The van der Waals surface area contributed by atoms with Crippen LogP contribution in [0, 0.1) is 0 Å². The van der Waals surface area contributed by atoms with Gasteiger partial charge in [-0.15, -0.1) is 0 Å². The first-order valence-electron chi connectivity index (χ1n) is 10.2. The smallest absolute Gasteiger partial charge is 0.336 e. The van der Waals surface area contributed by atoms with Crippen LogP contribution in [0.1, 0.15) is 13.8 Å². The predicted octanol–water partition coefficient (Wildman–Crippen LogP) is -3.75. The Morgan fingerprint density at radius 2 is 1.36 bits per heavy atom. The SMILES string of the molecule is CC(=O)/C=C/C=C(\C)C(=O)O[C@@H]1O[C@H](CO[C@@H]2O[C@H](CO)[C@@H](O)[C@H](O)[C@H]2O)[C@@H](O)[C@H](O)[C@H]1O. The van der Waals surface area contributed by atoms with E-state index in [1.807, 2.05) is 0 Å². The highest BCUT2D eigenvalue weighted by Crippen LogP contribution is 2.26. The molecule has 188 valence electrons. The summed E-state index contributed by atoms with van der Waals surface area (Å²) in [4.78, 5) is 23.1. The third-order valence-electron chi connectivity index (χ3n) is 5.16. The predicted molar refractivity (Wildman–Crippen MR) is 106 cm³/mol. The lowest BCUT2D eigenvalue weighted by molar-refractivity contribution is -0.326. The highest BCUT2D eigenvalue weighted by molar-refractivity contribution is 5.90. The topological polar surface area (TPSA) is 213 Å². The maximum atomic E-state index is 12.2. The van der Waals surface area contributed by atoms with Crippen molar-refractivity contribution in [2.75, 3.05) is 13.2 Å². The van der Waals surface area contributed by atoms with Crippen LogP contribution >= 0.6 is 0 Å². The molecule has 33 heavy (non-hydrogen) atoms. The molecule has 0 aliphatic carbocycles. The maximum Gasteiger partial charge on any atom is 0.336 e. The number of hydrogen-bond acceptors (Lipinski definition) is 13. The van der Waals surface area contributed by atoms with Crippen molar-refractivity contribution in [1.29, 1.82) is 0 Å². The van der Waals surface area contributed by atoms with Crippen LogP contribution in [-0.2, 0) is 28.5 Å². The van der Waals surface area contributed by atoms with Crippen LogP contribution in [0.4, 0.5) is 0 Å². The fourth-order valence-electron chi connectivity index (χ4n) is 3.14. The first kappa shape index (κ1) is 27.5. The maximum absolute atomic E-state index is 12.2. The van der Waals surface area contributed by atoms with Gasteiger partial charge in [-0.2, -0.15) is 0 Å². The van der Waals surface area contributed by atoms with E-state index in [1.165, 1.54) is 32.1 Å². The number of allylic oxidation sites excluding steroid dienone is 3. The minimum atomic E-state index is -1.80. The highest BCUT2D eigenvalue weighted by Gasteiger charge is 2.48.